The topological polar surface area (TPSA) is 85.3 Å². The van der Waals surface area contributed by atoms with Crippen LogP contribution in [0, 0.1) is 6.92 Å². The monoisotopic (exact) mass is 492 g/mol. The molecule has 1 aliphatic rings. The fraction of sp³-hybridized carbons (Fsp3) is 0.391. The van der Waals surface area contributed by atoms with Crippen molar-refractivity contribution in [3.8, 4) is 16.9 Å². The zero-order valence-electron chi connectivity index (χ0n) is 19.1. The molecule has 1 aliphatic heterocycles. The molecule has 2 aromatic heterocycles. The third-order valence-electron chi connectivity index (χ3n) is 5.19. The van der Waals surface area contributed by atoms with Crippen molar-refractivity contribution in [3.05, 3.63) is 53.6 Å². The molecule has 1 saturated heterocycles. The highest BCUT2D eigenvalue weighted by molar-refractivity contribution is 5.74. The molecule has 186 valence electrons. The van der Waals surface area contributed by atoms with Gasteiger partial charge in [-0.05, 0) is 31.2 Å². The summed E-state index contributed by atoms with van der Waals surface area (Å²) in [6.07, 6.45) is -3.68. The summed E-state index contributed by atoms with van der Waals surface area (Å²) in [5.74, 6) is 0.753. The lowest BCUT2D eigenvalue weighted by Crippen LogP contribution is -2.47. The number of methoxy groups -OCH3 is 1. The summed E-state index contributed by atoms with van der Waals surface area (Å²) in [7, 11) is 1.54. The Labute approximate surface area is 199 Å². The van der Waals surface area contributed by atoms with E-state index >= 15 is 0 Å². The van der Waals surface area contributed by atoms with Crippen molar-refractivity contribution in [2.45, 2.75) is 32.4 Å². The number of nitrogens with zero attached hydrogens (tertiary/aromatic N) is 5. The fourth-order valence-electron chi connectivity index (χ4n) is 3.66. The molecule has 0 spiro atoms. The average Bonchev–Trinajstić information content (AvgIpc) is 2.77. The third-order valence-corrected chi connectivity index (χ3v) is 5.19. The number of aromatic nitrogens is 4. The van der Waals surface area contributed by atoms with Crippen molar-refractivity contribution in [2.75, 3.05) is 32.1 Å². The summed E-state index contributed by atoms with van der Waals surface area (Å²) in [5, 5.41) is 11.0. The predicted molar refractivity (Wildman–Crippen MR) is 120 cm³/mol. The van der Waals surface area contributed by atoms with E-state index in [2.05, 4.69) is 25.5 Å². The molecule has 3 heterocycles. The number of rotatable bonds is 9. The number of alkyl halides is 4. The van der Waals surface area contributed by atoms with Crippen LogP contribution in [0.25, 0.3) is 11.1 Å². The molecule has 0 aliphatic carbocycles. The van der Waals surface area contributed by atoms with Crippen LogP contribution < -0.4 is 10.1 Å². The van der Waals surface area contributed by atoms with Gasteiger partial charge in [0.25, 0.3) is 0 Å². The van der Waals surface area contributed by atoms with Crippen LogP contribution in [0.5, 0.6) is 5.75 Å². The van der Waals surface area contributed by atoms with Crippen LogP contribution in [-0.4, -0.2) is 64.2 Å². The minimum absolute atomic E-state index is 0.182. The van der Waals surface area contributed by atoms with Crippen molar-refractivity contribution >= 4 is 11.6 Å². The predicted octanol–water partition coefficient (Wildman–Crippen LogP) is 4.23. The first-order valence-electron chi connectivity index (χ1n) is 10.8. The molecule has 4 rings (SSSR count). The first-order chi connectivity index (χ1) is 16.7. The largest absolute Gasteiger partial charge is 0.496 e. The second-order valence-electron chi connectivity index (χ2n) is 8.20. The van der Waals surface area contributed by atoms with Crippen LogP contribution >= 0.6 is 0 Å². The van der Waals surface area contributed by atoms with Crippen molar-refractivity contribution in [2.24, 2.45) is 0 Å². The number of ether oxygens (including phenoxy) is 2. The van der Waals surface area contributed by atoms with Gasteiger partial charge in [0.05, 0.1) is 37.0 Å². The molecule has 12 heteroatoms. The van der Waals surface area contributed by atoms with Gasteiger partial charge >= 0.3 is 6.18 Å². The van der Waals surface area contributed by atoms with Gasteiger partial charge in [-0.25, -0.2) is 14.4 Å². The molecule has 1 N–H and O–H groups in total. The van der Waals surface area contributed by atoms with Crippen LogP contribution in [0.4, 0.5) is 29.2 Å². The second kappa shape index (κ2) is 10.5. The smallest absolute Gasteiger partial charge is 0.411 e. The van der Waals surface area contributed by atoms with E-state index in [-0.39, 0.29) is 31.3 Å². The lowest BCUT2D eigenvalue weighted by atomic mass is 10.1. The van der Waals surface area contributed by atoms with Gasteiger partial charge < -0.3 is 14.8 Å². The Kier molecular flexibility index (Phi) is 7.41. The number of hydrogen-bond acceptors (Lipinski definition) is 8. The third kappa shape index (κ3) is 6.83. The van der Waals surface area contributed by atoms with Crippen LogP contribution in [0.1, 0.15) is 17.1 Å². The first kappa shape index (κ1) is 24.7. The highest BCUT2D eigenvalue weighted by Crippen LogP contribution is 2.33. The minimum atomic E-state index is -4.44. The molecule has 1 aromatic carbocycles. The van der Waals surface area contributed by atoms with Crippen LogP contribution in [0.2, 0.25) is 0 Å². The molecule has 35 heavy (non-hydrogen) atoms. The number of benzene rings is 1. The second-order valence-corrected chi connectivity index (χ2v) is 8.20. The Hall–Kier alpha value is -3.38. The van der Waals surface area contributed by atoms with Gasteiger partial charge in [-0.15, -0.1) is 0 Å². The van der Waals surface area contributed by atoms with E-state index in [9.17, 15) is 17.6 Å². The van der Waals surface area contributed by atoms with Crippen molar-refractivity contribution in [1.29, 1.82) is 0 Å². The molecule has 0 amide bonds. The molecule has 3 aromatic rings. The summed E-state index contributed by atoms with van der Waals surface area (Å²) in [6.45, 7) is 1.04. The maximum atomic E-state index is 13.2. The number of likely N-dealkylation sites (tertiary alicyclic amines) is 1. The summed E-state index contributed by atoms with van der Waals surface area (Å²) >= 11 is 0. The molecular weight excluding hydrogens is 468 g/mol. The maximum Gasteiger partial charge on any atom is 0.411 e. The number of hydrogen-bond donors (Lipinski definition) is 1. The summed E-state index contributed by atoms with van der Waals surface area (Å²) in [4.78, 5) is 10.6. The van der Waals surface area contributed by atoms with Crippen LogP contribution in [-0.2, 0) is 17.9 Å². The molecule has 0 bridgehead atoms. The van der Waals surface area contributed by atoms with Crippen molar-refractivity contribution in [3.63, 3.8) is 0 Å². The molecule has 0 radical (unpaired) electrons. The highest BCUT2D eigenvalue weighted by atomic mass is 19.4. The quantitative estimate of drug-likeness (QED) is 0.445. The lowest BCUT2D eigenvalue weighted by molar-refractivity contribution is -0.176. The van der Waals surface area contributed by atoms with Crippen LogP contribution in [0.15, 0.2) is 36.5 Å². The summed E-state index contributed by atoms with van der Waals surface area (Å²) < 4.78 is 61.0. The number of nitrogens with one attached hydrogen (secondary N) is 1. The fourth-order valence-corrected chi connectivity index (χ4v) is 3.66. The van der Waals surface area contributed by atoms with Gasteiger partial charge in [-0.3, -0.25) is 4.90 Å². The standard InChI is InChI=1S/C23H24F4N6O2/c1-14-5-15(8-28-32-14)20-4-3-17(7-21(20)34-2)29-22-30-18(11-33-9-16(24)10-33)6-19(31-22)12-35-13-23(25,26)27/h3-8,16H,9-13H2,1-2H3,(H,29,30,31). The van der Waals surface area contributed by atoms with Gasteiger partial charge in [0.2, 0.25) is 5.95 Å². The van der Waals surface area contributed by atoms with Gasteiger partial charge in [0, 0.05) is 42.5 Å². The van der Waals surface area contributed by atoms with Gasteiger partial charge in [0.1, 0.15) is 18.5 Å². The Morgan fingerprint density at radius 2 is 1.89 bits per heavy atom. The summed E-state index contributed by atoms with van der Waals surface area (Å²) in [5.41, 5.74) is 3.84. The first-order valence-corrected chi connectivity index (χ1v) is 10.8. The Morgan fingerprint density at radius 3 is 2.57 bits per heavy atom. The van der Waals surface area contributed by atoms with E-state index in [0.29, 0.717) is 23.7 Å². The minimum Gasteiger partial charge on any atom is -0.496 e. The highest BCUT2D eigenvalue weighted by Gasteiger charge is 2.28. The Morgan fingerprint density at radius 1 is 1.11 bits per heavy atom. The average molecular weight is 492 g/mol. The Bertz CT molecular complexity index is 1170. The molecular formula is C23H24F4N6O2. The Balaban J connectivity index is 1.56. The van der Waals surface area contributed by atoms with Crippen molar-refractivity contribution in [1.82, 2.24) is 25.1 Å². The zero-order valence-corrected chi connectivity index (χ0v) is 19.1. The van der Waals surface area contributed by atoms with Crippen LogP contribution in [0.3, 0.4) is 0 Å². The van der Waals surface area contributed by atoms with Gasteiger partial charge in [-0.2, -0.15) is 23.4 Å². The molecule has 1 fully saturated rings. The summed E-state index contributed by atoms with van der Waals surface area (Å²) in [6, 6.07) is 8.85. The normalized spacial score (nSPS) is 14.6. The molecule has 8 nitrogen and oxygen atoms in total. The number of anilines is 2. The SMILES string of the molecule is COc1cc(Nc2nc(COCC(F)(F)F)cc(CN3CC(F)C3)n2)ccc1-c1cnnc(C)c1. The van der Waals surface area contributed by atoms with Crippen molar-refractivity contribution < 1.29 is 27.0 Å². The number of halogens is 4. The van der Waals surface area contributed by atoms with E-state index in [1.807, 2.05) is 24.0 Å². The van der Waals surface area contributed by atoms with E-state index in [4.69, 9.17) is 9.47 Å². The maximum absolute atomic E-state index is 13.2. The van der Waals surface area contributed by atoms with Gasteiger partial charge in [-0.1, -0.05) is 0 Å². The van der Waals surface area contributed by atoms with E-state index < -0.39 is 19.0 Å². The molecule has 0 saturated carbocycles. The molecule has 0 unspecified atom stereocenters. The lowest BCUT2D eigenvalue weighted by Gasteiger charge is -2.33. The van der Waals surface area contributed by atoms with E-state index in [1.54, 1.807) is 31.5 Å². The van der Waals surface area contributed by atoms with E-state index in [1.165, 1.54) is 0 Å². The molecule has 0 atom stereocenters. The van der Waals surface area contributed by atoms with E-state index in [0.717, 1.165) is 16.8 Å². The zero-order chi connectivity index (χ0) is 25.0. The van der Waals surface area contributed by atoms with Gasteiger partial charge in [0.15, 0.2) is 0 Å². The number of aryl methyl sites for hydroxylation is 1.